The van der Waals surface area contributed by atoms with E-state index in [0.717, 1.165) is 16.8 Å². The number of hydrogen-bond donors (Lipinski definition) is 0. The van der Waals surface area contributed by atoms with Crippen LogP contribution in [0.4, 0.5) is 0 Å². The Hall–Kier alpha value is -3.06. The first-order chi connectivity index (χ1) is 14.9. The van der Waals surface area contributed by atoms with Crippen molar-refractivity contribution in [3.05, 3.63) is 71.3 Å². The molecule has 3 aliphatic rings. The Labute approximate surface area is 181 Å². The number of benzene rings is 1. The summed E-state index contributed by atoms with van der Waals surface area (Å²) in [5.74, 6) is -1.07. The van der Waals surface area contributed by atoms with E-state index in [-0.39, 0.29) is 17.9 Å². The molecule has 2 saturated heterocycles. The molecule has 2 fully saturated rings. The van der Waals surface area contributed by atoms with Gasteiger partial charge in [0, 0.05) is 19.8 Å². The number of fused-ring (bicyclic) bond motifs is 1. The SMILES string of the molecule is Cc1ccc(C)c(CN2C[C@]34C=C[C@H](O3)[C@@H](C(=O)N(C)Cc3ccncn3)[C@@H]4C2=O)c1. The summed E-state index contributed by atoms with van der Waals surface area (Å²) in [7, 11) is 1.75. The first-order valence-corrected chi connectivity index (χ1v) is 10.6. The predicted octanol–water partition coefficient (Wildman–Crippen LogP) is 2.03. The Morgan fingerprint density at radius 3 is 2.94 bits per heavy atom. The van der Waals surface area contributed by atoms with Crippen molar-refractivity contribution in [1.82, 2.24) is 19.8 Å². The second-order valence-electron chi connectivity index (χ2n) is 8.92. The average Bonchev–Trinajstić information content (AvgIpc) is 3.39. The van der Waals surface area contributed by atoms with Crippen molar-refractivity contribution in [2.45, 2.75) is 38.6 Å². The number of rotatable bonds is 5. The van der Waals surface area contributed by atoms with Gasteiger partial charge in [0.15, 0.2) is 0 Å². The summed E-state index contributed by atoms with van der Waals surface area (Å²) in [5.41, 5.74) is 3.52. The lowest BCUT2D eigenvalue weighted by atomic mass is 9.76. The zero-order valence-electron chi connectivity index (χ0n) is 18.0. The van der Waals surface area contributed by atoms with Gasteiger partial charge in [0.05, 0.1) is 36.7 Å². The molecular weight excluding hydrogens is 392 g/mol. The third-order valence-electron chi connectivity index (χ3n) is 6.75. The summed E-state index contributed by atoms with van der Waals surface area (Å²) in [4.78, 5) is 38.5. The lowest BCUT2D eigenvalue weighted by molar-refractivity contribution is -0.143. The average molecular weight is 418 g/mol. The van der Waals surface area contributed by atoms with E-state index in [0.29, 0.717) is 19.6 Å². The number of aryl methyl sites for hydroxylation is 2. The molecule has 0 N–H and O–H groups in total. The van der Waals surface area contributed by atoms with Crippen LogP contribution in [0.2, 0.25) is 0 Å². The number of carbonyl (C=O) groups is 2. The molecule has 4 heterocycles. The minimum atomic E-state index is -0.699. The molecule has 2 amide bonds. The van der Waals surface area contributed by atoms with Crippen LogP contribution in [0.3, 0.4) is 0 Å². The molecule has 1 aromatic carbocycles. The molecule has 4 atom stereocenters. The number of hydrogen-bond acceptors (Lipinski definition) is 5. The van der Waals surface area contributed by atoms with Gasteiger partial charge in [0.25, 0.3) is 0 Å². The highest BCUT2D eigenvalue weighted by Gasteiger charge is 2.67. The van der Waals surface area contributed by atoms with Crippen molar-refractivity contribution in [3.63, 3.8) is 0 Å². The van der Waals surface area contributed by atoms with Gasteiger partial charge in [0.1, 0.15) is 11.9 Å². The third kappa shape index (κ3) is 3.24. The van der Waals surface area contributed by atoms with Crippen LogP contribution < -0.4 is 0 Å². The first kappa shape index (κ1) is 19.9. The van der Waals surface area contributed by atoms with Crippen molar-refractivity contribution in [2.75, 3.05) is 13.6 Å². The van der Waals surface area contributed by atoms with Crippen molar-refractivity contribution in [2.24, 2.45) is 11.8 Å². The summed E-state index contributed by atoms with van der Waals surface area (Å²) >= 11 is 0. The highest BCUT2D eigenvalue weighted by Crippen LogP contribution is 2.52. The molecule has 5 rings (SSSR count). The Bertz CT molecular complexity index is 1070. The molecule has 2 bridgehead atoms. The largest absolute Gasteiger partial charge is 0.360 e. The number of amides is 2. The van der Waals surface area contributed by atoms with Crippen LogP contribution in [0.25, 0.3) is 0 Å². The van der Waals surface area contributed by atoms with Gasteiger partial charge in [-0.3, -0.25) is 9.59 Å². The van der Waals surface area contributed by atoms with Gasteiger partial charge >= 0.3 is 0 Å². The van der Waals surface area contributed by atoms with E-state index in [2.05, 4.69) is 42.0 Å². The topological polar surface area (TPSA) is 75.6 Å². The third-order valence-corrected chi connectivity index (χ3v) is 6.75. The van der Waals surface area contributed by atoms with Crippen LogP contribution in [-0.4, -0.2) is 56.9 Å². The van der Waals surface area contributed by atoms with Crippen molar-refractivity contribution < 1.29 is 14.3 Å². The van der Waals surface area contributed by atoms with Gasteiger partial charge in [-0.05, 0) is 31.0 Å². The molecule has 1 spiro atoms. The van der Waals surface area contributed by atoms with Crippen molar-refractivity contribution in [1.29, 1.82) is 0 Å². The second kappa shape index (κ2) is 7.27. The van der Waals surface area contributed by atoms with E-state index in [1.807, 2.05) is 17.1 Å². The van der Waals surface area contributed by atoms with Gasteiger partial charge < -0.3 is 14.5 Å². The number of carbonyl (C=O) groups excluding carboxylic acids is 2. The van der Waals surface area contributed by atoms with Crippen molar-refractivity contribution >= 4 is 11.8 Å². The van der Waals surface area contributed by atoms with Crippen LogP contribution in [0.5, 0.6) is 0 Å². The minimum absolute atomic E-state index is 0.00143. The fraction of sp³-hybridized carbons (Fsp3) is 0.417. The summed E-state index contributed by atoms with van der Waals surface area (Å²) in [6.45, 7) is 5.50. The van der Waals surface area contributed by atoms with Crippen LogP contribution in [0, 0.1) is 25.7 Å². The fourth-order valence-corrected chi connectivity index (χ4v) is 5.16. The highest BCUT2D eigenvalue weighted by atomic mass is 16.5. The van der Waals surface area contributed by atoms with Gasteiger partial charge in [0.2, 0.25) is 11.8 Å². The van der Waals surface area contributed by atoms with E-state index >= 15 is 0 Å². The molecular formula is C24H26N4O3. The summed E-state index contributed by atoms with van der Waals surface area (Å²) < 4.78 is 6.26. The molecule has 3 aliphatic heterocycles. The standard InChI is InChI=1S/C24H26N4O3/c1-15-4-5-16(2)17(10-15)11-28-13-24-8-6-19(31-24)20(21(24)23(28)30)22(29)27(3)12-18-7-9-25-14-26-18/h4-10,14,19-21H,11-13H2,1-3H3/t19-,20+,21+,24-/m0/s1. The molecule has 2 aromatic rings. The lowest BCUT2D eigenvalue weighted by Crippen LogP contribution is -2.44. The first-order valence-electron chi connectivity index (χ1n) is 10.6. The maximum absolute atomic E-state index is 13.5. The van der Waals surface area contributed by atoms with E-state index in [1.54, 1.807) is 24.2 Å². The molecule has 7 nitrogen and oxygen atoms in total. The lowest BCUT2D eigenvalue weighted by Gasteiger charge is -2.27. The molecule has 31 heavy (non-hydrogen) atoms. The minimum Gasteiger partial charge on any atom is -0.360 e. The predicted molar refractivity (Wildman–Crippen MR) is 114 cm³/mol. The van der Waals surface area contributed by atoms with Crippen LogP contribution in [0.1, 0.15) is 22.4 Å². The fourth-order valence-electron chi connectivity index (χ4n) is 5.16. The quantitative estimate of drug-likeness (QED) is 0.695. The Morgan fingerprint density at radius 1 is 1.32 bits per heavy atom. The normalized spacial score (nSPS) is 28.3. The Morgan fingerprint density at radius 2 is 2.16 bits per heavy atom. The summed E-state index contributed by atoms with van der Waals surface area (Å²) in [5, 5.41) is 0. The number of nitrogens with zero attached hydrogens (tertiary/aromatic N) is 4. The van der Waals surface area contributed by atoms with Gasteiger partial charge in [-0.15, -0.1) is 0 Å². The smallest absolute Gasteiger partial charge is 0.230 e. The highest BCUT2D eigenvalue weighted by molar-refractivity contribution is 5.93. The van der Waals surface area contributed by atoms with Gasteiger partial charge in [-0.2, -0.15) is 0 Å². The van der Waals surface area contributed by atoms with E-state index in [9.17, 15) is 9.59 Å². The van der Waals surface area contributed by atoms with E-state index < -0.39 is 17.4 Å². The molecule has 7 heteroatoms. The van der Waals surface area contributed by atoms with Gasteiger partial charge in [-0.1, -0.05) is 35.9 Å². The van der Waals surface area contributed by atoms with E-state index in [1.165, 1.54) is 11.9 Å². The summed E-state index contributed by atoms with van der Waals surface area (Å²) in [6.07, 6.45) is 6.73. The molecule has 160 valence electrons. The van der Waals surface area contributed by atoms with Gasteiger partial charge in [-0.25, -0.2) is 9.97 Å². The zero-order chi connectivity index (χ0) is 21.8. The number of ether oxygens (including phenoxy) is 1. The Balaban J connectivity index is 1.37. The molecule has 0 unspecified atom stereocenters. The number of aromatic nitrogens is 2. The molecule has 0 radical (unpaired) electrons. The maximum Gasteiger partial charge on any atom is 0.230 e. The van der Waals surface area contributed by atoms with Crippen LogP contribution in [0.15, 0.2) is 48.9 Å². The Kier molecular flexibility index (Phi) is 4.66. The van der Waals surface area contributed by atoms with E-state index in [4.69, 9.17) is 4.74 Å². The number of likely N-dealkylation sites (tertiary alicyclic amines) is 1. The van der Waals surface area contributed by atoms with Crippen LogP contribution >= 0.6 is 0 Å². The monoisotopic (exact) mass is 418 g/mol. The molecule has 1 aromatic heterocycles. The molecule has 0 saturated carbocycles. The van der Waals surface area contributed by atoms with Crippen molar-refractivity contribution in [3.8, 4) is 0 Å². The maximum atomic E-state index is 13.5. The summed E-state index contributed by atoms with van der Waals surface area (Å²) in [6, 6.07) is 8.07. The zero-order valence-corrected chi connectivity index (χ0v) is 18.0. The second-order valence-corrected chi connectivity index (χ2v) is 8.92. The molecule has 0 aliphatic carbocycles. The van der Waals surface area contributed by atoms with Crippen LogP contribution in [-0.2, 0) is 27.4 Å².